The highest BCUT2D eigenvalue weighted by Crippen LogP contribution is 2.11. The number of carbonyl (C=O) groups excluding carboxylic acids is 1. The summed E-state index contributed by atoms with van der Waals surface area (Å²) in [6, 6.07) is 5.39. The minimum Gasteiger partial charge on any atom is -0.380 e. The first-order valence-corrected chi connectivity index (χ1v) is 6.41. The molecule has 1 heterocycles. The number of rotatable bonds is 5. The van der Waals surface area contributed by atoms with Crippen molar-refractivity contribution < 1.29 is 14.6 Å². The maximum Gasteiger partial charge on any atom is 0.358 e. The fourth-order valence-electron chi connectivity index (χ4n) is 1.62. The first kappa shape index (κ1) is 15.9. The van der Waals surface area contributed by atoms with Gasteiger partial charge in [-0.3, -0.25) is 14.8 Å². The molecule has 0 saturated carbocycles. The summed E-state index contributed by atoms with van der Waals surface area (Å²) in [5.41, 5.74) is 6.71. The van der Waals surface area contributed by atoms with Gasteiger partial charge in [-0.05, 0) is 18.2 Å². The number of non-ortho nitro benzene ring substituents is 1. The van der Waals surface area contributed by atoms with E-state index >= 15 is 0 Å². The molecule has 9 heteroatoms. The Morgan fingerprint density at radius 2 is 2.13 bits per heavy atom. The van der Waals surface area contributed by atoms with Crippen LogP contribution in [0.25, 0.3) is 6.08 Å². The predicted molar refractivity (Wildman–Crippen MR) is 82.2 cm³/mol. The lowest BCUT2D eigenvalue weighted by atomic mass is 10.2. The van der Waals surface area contributed by atoms with E-state index in [9.17, 15) is 14.9 Å². The molecule has 0 aliphatic rings. The molecule has 0 unspecified atom stereocenters. The van der Waals surface area contributed by atoms with E-state index in [1.807, 2.05) is 0 Å². The van der Waals surface area contributed by atoms with Crippen LogP contribution in [-0.2, 0) is 16.7 Å². The largest absolute Gasteiger partial charge is 0.380 e. The van der Waals surface area contributed by atoms with Crippen LogP contribution in [-0.4, -0.2) is 26.5 Å². The molecule has 2 aromatic rings. The van der Waals surface area contributed by atoms with Crippen molar-refractivity contribution in [3.05, 3.63) is 64.0 Å². The quantitative estimate of drug-likeness (QED) is 0.221. The van der Waals surface area contributed by atoms with Crippen LogP contribution in [0, 0.1) is 10.1 Å². The van der Waals surface area contributed by atoms with Gasteiger partial charge < -0.3 is 10.6 Å². The van der Waals surface area contributed by atoms with Crippen molar-refractivity contribution in [1.29, 1.82) is 0 Å². The number of hydrogen-bond donors (Lipinski definition) is 1. The maximum atomic E-state index is 11.5. The zero-order valence-electron chi connectivity index (χ0n) is 12.1. The van der Waals surface area contributed by atoms with Gasteiger partial charge in [0.2, 0.25) is 0 Å². The van der Waals surface area contributed by atoms with E-state index in [2.05, 4.69) is 15.1 Å². The Morgan fingerprint density at radius 3 is 2.70 bits per heavy atom. The highest BCUT2D eigenvalue weighted by Gasteiger charge is 2.06. The fraction of sp³-hybridized carbons (Fsp3) is 0.0714. The zero-order chi connectivity index (χ0) is 16.8. The van der Waals surface area contributed by atoms with Crippen LogP contribution in [0.15, 0.2) is 47.9 Å². The number of aryl methyl sites for hydroxylation is 1. The number of nitro benzene ring substituents is 1. The number of benzene rings is 1. The Morgan fingerprint density at radius 1 is 1.43 bits per heavy atom. The van der Waals surface area contributed by atoms with Gasteiger partial charge >= 0.3 is 5.97 Å². The number of oxime groups is 1. The van der Waals surface area contributed by atoms with Gasteiger partial charge in [0.05, 0.1) is 11.1 Å². The number of nitro groups is 1. The normalized spacial score (nSPS) is 11.6. The van der Waals surface area contributed by atoms with Gasteiger partial charge in [-0.2, -0.15) is 5.10 Å². The van der Waals surface area contributed by atoms with Crippen LogP contribution in [0.5, 0.6) is 0 Å². The molecule has 23 heavy (non-hydrogen) atoms. The molecule has 1 aromatic carbocycles. The molecule has 0 aliphatic carbocycles. The van der Waals surface area contributed by atoms with E-state index < -0.39 is 10.9 Å². The van der Waals surface area contributed by atoms with Gasteiger partial charge in [0.15, 0.2) is 5.84 Å². The molecule has 0 aliphatic heterocycles. The van der Waals surface area contributed by atoms with Gasteiger partial charge in [0, 0.05) is 42.6 Å². The molecule has 118 valence electrons. The summed E-state index contributed by atoms with van der Waals surface area (Å²) in [6.45, 7) is 0. The number of nitrogens with two attached hydrogens (primary N) is 1. The summed E-state index contributed by atoms with van der Waals surface area (Å²) in [5.74, 6) is -0.776. The van der Waals surface area contributed by atoms with Crippen LogP contribution in [0.1, 0.15) is 11.1 Å². The topological polar surface area (TPSA) is 126 Å². The van der Waals surface area contributed by atoms with Gasteiger partial charge in [0.1, 0.15) is 0 Å². The van der Waals surface area contributed by atoms with E-state index in [0.29, 0.717) is 5.56 Å². The molecule has 2 N–H and O–H groups in total. The molecule has 0 atom stereocenters. The third-order valence-electron chi connectivity index (χ3n) is 2.74. The lowest BCUT2D eigenvalue weighted by Crippen LogP contribution is -2.14. The highest BCUT2D eigenvalue weighted by molar-refractivity contribution is 5.98. The second-order valence-electron chi connectivity index (χ2n) is 4.47. The molecule has 0 bridgehead atoms. The fourth-order valence-corrected chi connectivity index (χ4v) is 1.62. The summed E-state index contributed by atoms with van der Waals surface area (Å²) in [6.07, 6.45) is 6.01. The van der Waals surface area contributed by atoms with Crippen molar-refractivity contribution in [1.82, 2.24) is 9.78 Å². The maximum absolute atomic E-state index is 11.5. The molecule has 2 rings (SSSR count). The van der Waals surface area contributed by atoms with Gasteiger partial charge in [0.25, 0.3) is 5.69 Å². The minimum absolute atomic E-state index is 0.0666. The van der Waals surface area contributed by atoms with Crippen molar-refractivity contribution in [2.24, 2.45) is 17.9 Å². The molecule has 1 aromatic heterocycles. The molecular weight excluding hydrogens is 302 g/mol. The molecule has 0 fully saturated rings. The van der Waals surface area contributed by atoms with Gasteiger partial charge in [-0.1, -0.05) is 5.16 Å². The van der Waals surface area contributed by atoms with Crippen molar-refractivity contribution in [2.75, 3.05) is 0 Å². The third kappa shape index (κ3) is 4.49. The number of carbonyl (C=O) groups is 1. The Hall–Kier alpha value is -3.49. The molecule has 0 radical (unpaired) electrons. The SMILES string of the molecule is Cn1cc(/C=C/C(=O)O/N=C(/N)c2ccc([N+](=O)[O-])cc2)cn1. The Balaban J connectivity index is 1.96. The van der Waals surface area contributed by atoms with E-state index in [0.717, 1.165) is 5.56 Å². The Kier molecular flexibility index (Phi) is 4.82. The highest BCUT2D eigenvalue weighted by atomic mass is 16.7. The lowest BCUT2D eigenvalue weighted by Gasteiger charge is -1.99. The molecule has 9 nitrogen and oxygen atoms in total. The van der Waals surface area contributed by atoms with Crippen molar-refractivity contribution in [2.45, 2.75) is 0 Å². The van der Waals surface area contributed by atoms with Crippen LogP contribution in [0.3, 0.4) is 0 Å². The third-order valence-corrected chi connectivity index (χ3v) is 2.74. The first-order chi connectivity index (χ1) is 11.0. The van der Waals surface area contributed by atoms with Crippen LogP contribution >= 0.6 is 0 Å². The summed E-state index contributed by atoms with van der Waals surface area (Å²) < 4.78 is 1.59. The summed E-state index contributed by atoms with van der Waals surface area (Å²) >= 11 is 0. The van der Waals surface area contributed by atoms with Gasteiger partial charge in [-0.15, -0.1) is 0 Å². The number of nitrogens with zero attached hydrogens (tertiary/aromatic N) is 4. The van der Waals surface area contributed by atoms with Crippen LogP contribution < -0.4 is 5.73 Å². The van der Waals surface area contributed by atoms with Gasteiger partial charge in [-0.25, -0.2) is 4.79 Å². The standard InChI is InChI=1S/C14H13N5O4/c1-18-9-10(8-16-18)2-7-13(20)23-17-14(15)11-3-5-12(6-4-11)19(21)22/h2-9H,1H3,(H2,15,17)/b7-2+. The number of aromatic nitrogens is 2. The smallest absolute Gasteiger partial charge is 0.358 e. The Labute approximate surface area is 130 Å². The molecule has 0 spiro atoms. The zero-order valence-corrected chi connectivity index (χ0v) is 12.1. The van der Waals surface area contributed by atoms with E-state index in [4.69, 9.17) is 5.73 Å². The monoisotopic (exact) mass is 315 g/mol. The van der Waals surface area contributed by atoms with Crippen molar-refractivity contribution >= 4 is 23.6 Å². The van der Waals surface area contributed by atoms with Crippen molar-refractivity contribution in [3.63, 3.8) is 0 Å². The first-order valence-electron chi connectivity index (χ1n) is 6.41. The molecule has 0 saturated heterocycles. The minimum atomic E-state index is -0.710. The van der Waals surface area contributed by atoms with E-state index in [1.54, 1.807) is 24.1 Å². The van der Waals surface area contributed by atoms with E-state index in [-0.39, 0.29) is 11.5 Å². The lowest BCUT2D eigenvalue weighted by molar-refractivity contribution is -0.384. The predicted octanol–water partition coefficient (Wildman–Crippen LogP) is 1.21. The van der Waals surface area contributed by atoms with Crippen molar-refractivity contribution in [3.8, 4) is 0 Å². The number of amidine groups is 1. The van der Waals surface area contributed by atoms with E-state index in [1.165, 1.54) is 36.4 Å². The second kappa shape index (κ2) is 6.98. The number of hydrogen-bond acceptors (Lipinski definition) is 6. The Bertz CT molecular complexity index is 777. The summed E-state index contributed by atoms with van der Waals surface area (Å²) in [5, 5.41) is 18.0. The summed E-state index contributed by atoms with van der Waals surface area (Å²) in [7, 11) is 1.75. The summed E-state index contributed by atoms with van der Waals surface area (Å²) in [4.78, 5) is 26.2. The average Bonchev–Trinajstić information content (AvgIpc) is 2.96. The second-order valence-corrected chi connectivity index (χ2v) is 4.47. The van der Waals surface area contributed by atoms with Crippen LogP contribution in [0.2, 0.25) is 0 Å². The molecule has 0 amide bonds. The average molecular weight is 315 g/mol. The van der Waals surface area contributed by atoms with Crippen LogP contribution in [0.4, 0.5) is 5.69 Å². The molecular formula is C14H13N5O4.